The van der Waals surface area contributed by atoms with Crippen LogP contribution in [-0.4, -0.2) is 37.2 Å². The maximum Gasteiger partial charge on any atom is 0.306 e. The molecule has 0 rings (SSSR count). The van der Waals surface area contributed by atoms with E-state index in [1.54, 1.807) is 0 Å². The molecule has 0 saturated carbocycles. The van der Waals surface area contributed by atoms with Gasteiger partial charge in [-0.2, -0.15) is 0 Å². The van der Waals surface area contributed by atoms with Crippen molar-refractivity contribution in [3.8, 4) is 0 Å². The van der Waals surface area contributed by atoms with Crippen molar-refractivity contribution in [2.45, 2.75) is 226 Å². The molecule has 0 radical (unpaired) electrons. The monoisotopic (exact) mass is 809 g/mol. The van der Waals surface area contributed by atoms with E-state index in [1.807, 2.05) is 18.2 Å². The maximum absolute atomic E-state index is 12.7. The number of carbonyl (C=O) groups is 3. The van der Waals surface area contributed by atoms with Crippen LogP contribution in [-0.2, 0) is 28.6 Å². The average Bonchev–Trinajstić information content (AvgIpc) is 3.22. The molecule has 0 aromatic heterocycles. The van der Waals surface area contributed by atoms with Gasteiger partial charge in [0, 0.05) is 19.3 Å². The van der Waals surface area contributed by atoms with Crippen molar-refractivity contribution in [3.05, 3.63) is 72.9 Å². The van der Waals surface area contributed by atoms with Crippen molar-refractivity contribution >= 4 is 17.9 Å². The van der Waals surface area contributed by atoms with E-state index in [2.05, 4.69) is 75.5 Å². The van der Waals surface area contributed by atoms with Gasteiger partial charge in [-0.15, -0.1) is 0 Å². The van der Waals surface area contributed by atoms with Crippen LogP contribution in [0.1, 0.15) is 220 Å². The smallest absolute Gasteiger partial charge is 0.306 e. The number of rotatable bonds is 42. The highest BCUT2D eigenvalue weighted by atomic mass is 16.6. The normalized spacial score (nSPS) is 12.7. The van der Waals surface area contributed by atoms with Crippen molar-refractivity contribution < 1.29 is 28.6 Å². The lowest BCUT2D eigenvalue weighted by atomic mass is 10.1. The van der Waals surface area contributed by atoms with Crippen molar-refractivity contribution in [2.75, 3.05) is 13.2 Å². The summed E-state index contributed by atoms with van der Waals surface area (Å²) in [6.07, 6.45) is 57.4. The Morgan fingerprint density at radius 3 is 1.17 bits per heavy atom. The number of ether oxygens (including phenoxy) is 3. The molecule has 0 aromatic carbocycles. The second kappa shape index (κ2) is 46.5. The first-order valence-electron chi connectivity index (χ1n) is 24.0. The predicted octanol–water partition coefficient (Wildman–Crippen LogP) is 15.5. The Kier molecular flexibility index (Phi) is 44.0. The molecular formula is C52H88O6. The molecule has 0 amide bonds. The molecule has 0 N–H and O–H groups in total. The number of hydrogen-bond donors (Lipinski definition) is 0. The fraction of sp³-hybridized carbons (Fsp3) is 0.712. The summed E-state index contributed by atoms with van der Waals surface area (Å²) in [5.74, 6) is -0.946. The van der Waals surface area contributed by atoms with Crippen LogP contribution in [0.3, 0.4) is 0 Å². The molecule has 0 spiro atoms. The van der Waals surface area contributed by atoms with E-state index in [9.17, 15) is 14.4 Å². The van der Waals surface area contributed by atoms with Crippen LogP contribution in [0, 0.1) is 0 Å². The summed E-state index contributed by atoms with van der Waals surface area (Å²) < 4.78 is 16.7. The number of unbranched alkanes of at least 4 members (excludes halogenated alkanes) is 22. The Hall–Kier alpha value is -3.15. The summed E-state index contributed by atoms with van der Waals surface area (Å²) >= 11 is 0. The summed E-state index contributed by atoms with van der Waals surface area (Å²) in [5, 5.41) is 0. The third-order valence-corrected chi connectivity index (χ3v) is 10.0. The van der Waals surface area contributed by atoms with Crippen LogP contribution >= 0.6 is 0 Å². The fourth-order valence-corrected chi connectivity index (χ4v) is 6.37. The van der Waals surface area contributed by atoms with Gasteiger partial charge in [-0.25, -0.2) is 0 Å². The Morgan fingerprint density at radius 1 is 0.362 bits per heavy atom. The molecular weight excluding hydrogens is 721 g/mol. The Morgan fingerprint density at radius 2 is 0.707 bits per heavy atom. The highest BCUT2D eigenvalue weighted by Crippen LogP contribution is 2.13. The molecule has 0 fully saturated rings. The maximum atomic E-state index is 12.7. The van der Waals surface area contributed by atoms with Gasteiger partial charge in [0.2, 0.25) is 0 Å². The molecule has 0 heterocycles. The summed E-state index contributed by atoms with van der Waals surface area (Å²) in [5.41, 5.74) is 0. The van der Waals surface area contributed by atoms with Gasteiger partial charge >= 0.3 is 17.9 Å². The molecule has 1 unspecified atom stereocenters. The van der Waals surface area contributed by atoms with E-state index in [0.717, 1.165) is 103 Å². The van der Waals surface area contributed by atoms with Crippen molar-refractivity contribution in [1.29, 1.82) is 0 Å². The quantitative estimate of drug-likeness (QED) is 0.0201. The van der Waals surface area contributed by atoms with Crippen LogP contribution < -0.4 is 0 Å². The van der Waals surface area contributed by atoms with Crippen LogP contribution in [0.2, 0.25) is 0 Å². The lowest BCUT2D eigenvalue weighted by molar-refractivity contribution is -0.167. The van der Waals surface area contributed by atoms with E-state index in [1.165, 1.54) is 77.0 Å². The molecule has 1 atom stereocenters. The summed E-state index contributed by atoms with van der Waals surface area (Å²) in [6.45, 7) is 6.40. The molecule has 6 heteroatoms. The predicted molar refractivity (Wildman–Crippen MR) is 247 cm³/mol. The third kappa shape index (κ3) is 44.0. The van der Waals surface area contributed by atoms with E-state index < -0.39 is 6.10 Å². The van der Waals surface area contributed by atoms with Gasteiger partial charge < -0.3 is 14.2 Å². The standard InChI is InChI=1S/C52H88O6/c1-4-7-10-13-16-19-22-24-26-28-30-33-36-39-42-45-51(54)57-48-49(47-56-50(53)44-41-38-35-32-29-21-18-15-12-9-6-3)58-52(55)46-43-40-37-34-31-27-25-23-20-17-14-11-8-5-2/h7,10,13,15-16,18-19,22,24,26-27,31,49H,4-6,8-9,11-12,14,17,20-21,23,25,28-30,32-48H2,1-3H3/b10-7-,16-13-,18-15-,22-19-,26-24-,31-27-. The van der Waals surface area contributed by atoms with Gasteiger partial charge in [0.1, 0.15) is 13.2 Å². The highest BCUT2D eigenvalue weighted by Gasteiger charge is 2.19. The number of allylic oxidation sites excluding steroid dienone is 12. The molecule has 332 valence electrons. The number of carbonyl (C=O) groups excluding carboxylic acids is 3. The first-order valence-corrected chi connectivity index (χ1v) is 24.0. The third-order valence-electron chi connectivity index (χ3n) is 10.0. The average molecular weight is 809 g/mol. The lowest BCUT2D eigenvalue weighted by Crippen LogP contribution is -2.30. The SMILES string of the molecule is CC\C=C/C=C\C=C/C=C\CCCCCCCC(=O)OCC(COC(=O)CCCCCCC/C=C\CCCC)OC(=O)CCCCC/C=C\CCCCCCCCC. The molecule has 6 nitrogen and oxygen atoms in total. The summed E-state index contributed by atoms with van der Waals surface area (Å²) in [6, 6.07) is 0. The van der Waals surface area contributed by atoms with Gasteiger partial charge in [0.05, 0.1) is 0 Å². The Labute approximate surface area is 357 Å². The van der Waals surface area contributed by atoms with Crippen molar-refractivity contribution in [2.24, 2.45) is 0 Å². The zero-order valence-electron chi connectivity index (χ0n) is 37.8. The molecule has 58 heavy (non-hydrogen) atoms. The lowest BCUT2D eigenvalue weighted by Gasteiger charge is -2.18. The van der Waals surface area contributed by atoms with Crippen LogP contribution in [0.25, 0.3) is 0 Å². The summed E-state index contributed by atoms with van der Waals surface area (Å²) in [4.78, 5) is 37.8. The zero-order valence-corrected chi connectivity index (χ0v) is 37.8. The first-order chi connectivity index (χ1) is 28.5. The van der Waals surface area contributed by atoms with E-state index in [0.29, 0.717) is 19.3 Å². The second-order valence-corrected chi connectivity index (χ2v) is 15.7. The van der Waals surface area contributed by atoms with Gasteiger partial charge in [-0.1, -0.05) is 190 Å². The number of esters is 3. The van der Waals surface area contributed by atoms with Crippen LogP contribution in [0.4, 0.5) is 0 Å². The molecule has 0 aliphatic heterocycles. The van der Waals surface area contributed by atoms with Gasteiger partial charge in [0.15, 0.2) is 6.10 Å². The van der Waals surface area contributed by atoms with E-state index >= 15 is 0 Å². The highest BCUT2D eigenvalue weighted by molar-refractivity contribution is 5.71. The molecule has 0 aliphatic rings. The minimum atomic E-state index is -0.794. The largest absolute Gasteiger partial charge is 0.462 e. The van der Waals surface area contributed by atoms with Gasteiger partial charge in [-0.3, -0.25) is 14.4 Å². The Bertz CT molecular complexity index is 1110. The summed E-state index contributed by atoms with van der Waals surface area (Å²) in [7, 11) is 0. The van der Waals surface area contributed by atoms with E-state index in [4.69, 9.17) is 14.2 Å². The minimum absolute atomic E-state index is 0.0943. The van der Waals surface area contributed by atoms with Gasteiger partial charge in [-0.05, 0) is 83.5 Å². The van der Waals surface area contributed by atoms with Crippen LogP contribution in [0.5, 0.6) is 0 Å². The number of hydrogen-bond acceptors (Lipinski definition) is 6. The minimum Gasteiger partial charge on any atom is -0.462 e. The Balaban J connectivity index is 4.46. The molecule has 0 saturated heterocycles. The first kappa shape index (κ1) is 54.9. The zero-order chi connectivity index (χ0) is 42.3. The van der Waals surface area contributed by atoms with Crippen molar-refractivity contribution in [1.82, 2.24) is 0 Å². The second-order valence-electron chi connectivity index (χ2n) is 15.7. The van der Waals surface area contributed by atoms with Crippen molar-refractivity contribution in [3.63, 3.8) is 0 Å². The molecule has 0 bridgehead atoms. The fourth-order valence-electron chi connectivity index (χ4n) is 6.37. The molecule has 0 aromatic rings. The topological polar surface area (TPSA) is 78.9 Å². The molecule has 0 aliphatic carbocycles. The van der Waals surface area contributed by atoms with Gasteiger partial charge in [0.25, 0.3) is 0 Å². The van der Waals surface area contributed by atoms with E-state index in [-0.39, 0.29) is 31.1 Å². The van der Waals surface area contributed by atoms with Crippen LogP contribution in [0.15, 0.2) is 72.9 Å².